The number of rotatable bonds is 6. The van der Waals surface area contributed by atoms with Crippen molar-refractivity contribution < 1.29 is 0 Å². The van der Waals surface area contributed by atoms with Crippen LogP contribution in [0.4, 0.5) is 0 Å². The van der Waals surface area contributed by atoms with E-state index in [4.69, 9.17) is 5.73 Å². The third-order valence-electron chi connectivity index (χ3n) is 2.88. The van der Waals surface area contributed by atoms with Gasteiger partial charge in [-0.1, -0.05) is 27.2 Å². The monoisotopic (exact) mass is 186 g/mol. The van der Waals surface area contributed by atoms with E-state index in [1.807, 2.05) is 0 Å². The molecule has 1 unspecified atom stereocenters. The molecule has 0 aromatic rings. The molecule has 80 valence electrons. The Bertz CT molecular complexity index is 130. The van der Waals surface area contributed by atoms with E-state index in [9.17, 15) is 0 Å². The Morgan fingerprint density at radius 1 is 1.31 bits per heavy atom. The van der Waals surface area contributed by atoms with Crippen molar-refractivity contribution in [1.82, 2.24) is 4.90 Å². The minimum Gasteiger partial charge on any atom is -0.330 e. The molecule has 1 atom stereocenters. The van der Waals surface area contributed by atoms with Crippen molar-refractivity contribution in [2.24, 2.45) is 11.1 Å². The highest BCUT2D eigenvalue weighted by atomic mass is 15.1. The van der Waals surface area contributed by atoms with Crippen LogP contribution >= 0.6 is 0 Å². The van der Waals surface area contributed by atoms with Crippen molar-refractivity contribution in [2.45, 2.75) is 46.1 Å². The van der Waals surface area contributed by atoms with E-state index < -0.39 is 0 Å². The maximum absolute atomic E-state index is 5.63. The summed E-state index contributed by atoms with van der Waals surface area (Å²) >= 11 is 0. The highest BCUT2D eigenvalue weighted by Crippen LogP contribution is 2.30. The minimum atomic E-state index is 0.342. The lowest BCUT2D eigenvalue weighted by molar-refractivity contribution is 0.118. The molecule has 0 aliphatic carbocycles. The fraction of sp³-hybridized carbons (Fsp3) is 1.00. The minimum absolute atomic E-state index is 0.342. The van der Waals surface area contributed by atoms with Crippen molar-refractivity contribution in [3.05, 3.63) is 0 Å². The first kappa shape index (κ1) is 12.9. The van der Waals surface area contributed by atoms with E-state index >= 15 is 0 Å². The maximum Gasteiger partial charge on any atom is 0.0141 e. The molecule has 0 amide bonds. The first-order chi connectivity index (χ1) is 5.95. The first-order valence-corrected chi connectivity index (χ1v) is 5.32. The van der Waals surface area contributed by atoms with Gasteiger partial charge in [0.1, 0.15) is 0 Å². The SMILES string of the molecule is CCCC(N(C)C)C(C)(C)CCN. The maximum atomic E-state index is 5.63. The summed E-state index contributed by atoms with van der Waals surface area (Å²) in [6, 6.07) is 0.654. The van der Waals surface area contributed by atoms with E-state index in [1.54, 1.807) is 0 Å². The van der Waals surface area contributed by atoms with Gasteiger partial charge in [-0.3, -0.25) is 0 Å². The third-order valence-corrected chi connectivity index (χ3v) is 2.88. The van der Waals surface area contributed by atoms with Crippen molar-refractivity contribution in [3.8, 4) is 0 Å². The Morgan fingerprint density at radius 3 is 2.15 bits per heavy atom. The molecule has 2 nitrogen and oxygen atoms in total. The van der Waals surface area contributed by atoms with E-state index in [2.05, 4.69) is 39.8 Å². The van der Waals surface area contributed by atoms with Gasteiger partial charge in [-0.15, -0.1) is 0 Å². The summed E-state index contributed by atoms with van der Waals surface area (Å²) in [7, 11) is 4.33. The lowest BCUT2D eigenvalue weighted by Crippen LogP contribution is -2.42. The van der Waals surface area contributed by atoms with Crippen LogP contribution < -0.4 is 5.73 Å². The molecule has 0 spiro atoms. The average molecular weight is 186 g/mol. The summed E-state index contributed by atoms with van der Waals surface area (Å²) in [5.74, 6) is 0. The number of hydrogen-bond acceptors (Lipinski definition) is 2. The molecule has 2 heteroatoms. The standard InChI is InChI=1S/C11H26N2/c1-6-7-10(13(4)5)11(2,3)8-9-12/h10H,6-9,12H2,1-5H3. The second-order valence-electron chi connectivity index (χ2n) is 4.80. The molecule has 0 aliphatic rings. The molecule has 0 heterocycles. The van der Waals surface area contributed by atoms with Crippen LogP contribution in [0.25, 0.3) is 0 Å². The second-order valence-corrected chi connectivity index (χ2v) is 4.80. The highest BCUT2D eigenvalue weighted by Gasteiger charge is 2.29. The van der Waals surface area contributed by atoms with Gasteiger partial charge >= 0.3 is 0 Å². The van der Waals surface area contributed by atoms with Crippen LogP contribution in [-0.2, 0) is 0 Å². The van der Waals surface area contributed by atoms with Crippen LogP contribution in [0.3, 0.4) is 0 Å². The fourth-order valence-electron chi connectivity index (χ4n) is 2.16. The van der Waals surface area contributed by atoms with Crippen LogP contribution in [0.1, 0.15) is 40.0 Å². The first-order valence-electron chi connectivity index (χ1n) is 5.32. The molecule has 0 bridgehead atoms. The molecule has 0 aromatic heterocycles. The molecule has 0 fully saturated rings. The van der Waals surface area contributed by atoms with Crippen LogP contribution in [-0.4, -0.2) is 31.6 Å². The molecule has 2 N–H and O–H groups in total. The van der Waals surface area contributed by atoms with Gasteiger partial charge in [-0.2, -0.15) is 0 Å². The summed E-state index contributed by atoms with van der Waals surface area (Å²) in [5.41, 5.74) is 5.97. The molecular weight excluding hydrogens is 160 g/mol. The molecule has 0 aromatic carbocycles. The summed E-state index contributed by atoms with van der Waals surface area (Å²) in [5, 5.41) is 0. The normalized spacial score (nSPS) is 15.0. The van der Waals surface area contributed by atoms with Crippen LogP contribution in [0.2, 0.25) is 0 Å². The largest absolute Gasteiger partial charge is 0.330 e. The van der Waals surface area contributed by atoms with Gasteiger partial charge in [0.05, 0.1) is 0 Å². The summed E-state index contributed by atoms with van der Waals surface area (Å²) < 4.78 is 0. The van der Waals surface area contributed by atoms with E-state index in [-0.39, 0.29) is 0 Å². The van der Waals surface area contributed by atoms with Gasteiger partial charge in [-0.25, -0.2) is 0 Å². The number of hydrogen-bond donors (Lipinski definition) is 1. The van der Waals surface area contributed by atoms with Crippen molar-refractivity contribution >= 4 is 0 Å². The van der Waals surface area contributed by atoms with Gasteiger partial charge in [0.2, 0.25) is 0 Å². The number of nitrogens with two attached hydrogens (primary N) is 1. The van der Waals surface area contributed by atoms with Gasteiger partial charge in [0.25, 0.3) is 0 Å². The lowest BCUT2D eigenvalue weighted by Gasteiger charge is -2.38. The fourth-order valence-corrected chi connectivity index (χ4v) is 2.16. The molecule has 13 heavy (non-hydrogen) atoms. The van der Waals surface area contributed by atoms with Crippen LogP contribution in [0, 0.1) is 5.41 Å². The predicted octanol–water partition coefficient (Wildman–Crippen LogP) is 2.09. The predicted molar refractivity (Wildman–Crippen MR) is 59.8 cm³/mol. The van der Waals surface area contributed by atoms with Crippen LogP contribution in [0.5, 0.6) is 0 Å². The highest BCUT2D eigenvalue weighted by molar-refractivity contribution is 4.83. The topological polar surface area (TPSA) is 29.3 Å². The van der Waals surface area contributed by atoms with Crippen molar-refractivity contribution in [3.63, 3.8) is 0 Å². The van der Waals surface area contributed by atoms with Gasteiger partial charge < -0.3 is 10.6 Å². The average Bonchev–Trinajstić information content (AvgIpc) is 1.99. The molecule has 0 radical (unpaired) electrons. The van der Waals surface area contributed by atoms with Crippen LogP contribution in [0.15, 0.2) is 0 Å². The molecular formula is C11H26N2. The molecule has 0 rings (SSSR count). The molecule has 0 saturated carbocycles. The molecule has 0 aliphatic heterocycles. The van der Waals surface area contributed by atoms with Gasteiger partial charge in [0, 0.05) is 6.04 Å². The van der Waals surface area contributed by atoms with Crippen molar-refractivity contribution in [2.75, 3.05) is 20.6 Å². The Kier molecular flexibility index (Phi) is 5.57. The van der Waals surface area contributed by atoms with Crippen molar-refractivity contribution in [1.29, 1.82) is 0 Å². The zero-order valence-electron chi connectivity index (χ0n) is 9.93. The Balaban J connectivity index is 4.32. The van der Waals surface area contributed by atoms with Gasteiger partial charge in [-0.05, 0) is 38.9 Å². The smallest absolute Gasteiger partial charge is 0.0141 e. The number of nitrogens with zero attached hydrogens (tertiary/aromatic N) is 1. The third kappa shape index (κ3) is 4.10. The quantitative estimate of drug-likeness (QED) is 0.688. The second kappa shape index (κ2) is 5.61. The van der Waals surface area contributed by atoms with Gasteiger partial charge in [0.15, 0.2) is 0 Å². The lowest BCUT2D eigenvalue weighted by atomic mass is 9.78. The Labute approximate surface area is 83.5 Å². The summed E-state index contributed by atoms with van der Waals surface area (Å²) in [6.45, 7) is 7.68. The summed E-state index contributed by atoms with van der Waals surface area (Å²) in [4.78, 5) is 2.33. The zero-order chi connectivity index (χ0) is 10.5. The summed E-state index contributed by atoms with van der Waals surface area (Å²) in [6.07, 6.45) is 3.62. The van der Waals surface area contributed by atoms with E-state index in [0.29, 0.717) is 11.5 Å². The molecule has 0 saturated heterocycles. The Morgan fingerprint density at radius 2 is 1.85 bits per heavy atom. The Hall–Kier alpha value is -0.0800. The van der Waals surface area contributed by atoms with E-state index in [1.165, 1.54) is 12.8 Å². The zero-order valence-corrected chi connectivity index (χ0v) is 9.93. The van der Waals surface area contributed by atoms with E-state index in [0.717, 1.165) is 13.0 Å².